The SMILES string of the molecule is OC[C@H]1O[C@@H](O[C@H]2Cc3c(O)cc4c(c3OC2c2ccc(O)cc2)C2c3c(O)cc(O)cc3O[C@](c3ccc(O)cc3)(O4)[C@H]2O)[C@H](O)[C@@H](O)[C@@H]1O. The van der Waals surface area contributed by atoms with Crippen LogP contribution in [-0.4, -0.2) is 101 Å². The van der Waals surface area contributed by atoms with Crippen LogP contribution in [0.3, 0.4) is 0 Å². The molecule has 2 bridgehead atoms. The molecule has 4 aliphatic rings. The Balaban J connectivity index is 1.28. The number of aliphatic hydroxyl groups is 5. The van der Waals surface area contributed by atoms with Gasteiger partial charge in [-0.25, -0.2) is 0 Å². The minimum absolute atomic E-state index is 0.0157. The molecular weight excluding hydrogens is 672 g/mol. The molecule has 10 N–H and O–H groups in total. The molecule has 10 atom stereocenters. The fourth-order valence-electron chi connectivity index (χ4n) is 7.44. The van der Waals surface area contributed by atoms with E-state index >= 15 is 0 Å². The van der Waals surface area contributed by atoms with Crippen LogP contribution in [0.2, 0.25) is 0 Å². The molecule has 4 aromatic rings. The second-order valence-corrected chi connectivity index (χ2v) is 13.0. The van der Waals surface area contributed by atoms with Gasteiger partial charge in [0, 0.05) is 46.9 Å². The Morgan fingerprint density at radius 3 is 2.02 bits per heavy atom. The predicted molar refractivity (Wildman–Crippen MR) is 171 cm³/mol. The topological polar surface area (TPSA) is 248 Å². The van der Waals surface area contributed by atoms with Crippen LogP contribution >= 0.6 is 0 Å². The maximum atomic E-state index is 12.2. The lowest BCUT2D eigenvalue weighted by molar-refractivity contribution is -0.317. The van der Waals surface area contributed by atoms with Gasteiger partial charge in [-0.05, 0) is 42.0 Å². The van der Waals surface area contributed by atoms with Crippen molar-refractivity contribution in [2.75, 3.05) is 6.61 Å². The number of benzene rings is 4. The van der Waals surface area contributed by atoms with E-state index in [1.807, 2.05) is 0 Å². The van der Waals surface area contributed by atoms with E-state index in [0.29, 0.717) is 5.56 Å². The standard InChI is InChI=1S/C36H34O15/c37-13-25-29(43)30(44)31(45)35(48-25)47-24-11-19-20(41)12-23-27(33(19)49-32(24)14-1-5-16(38)6-2-14)28-26-21(42)9-18(40)10-22(26)50-36(51-23,34(28)46)15-3-7-17(39)8-4-15/h1-10,12,24-25,28-32,34-35,37-46H,11,13H2/t24-,25+,28?,29+,30-,31+,32?,34-,35+,36+/m0/s1. The lowest BCUT2D eigenvalue weighted by atomic mass is 9.74. The quantitative estimate of drug-likeness (QED) is 0.140. The average Bonchev–Trinajstić information content (AvgIpc) is 3.09. The summed E-state index contributed by atoms with van der Waals surface area (Å²) in [5.41, 5.74) is 1.21. The van der Waals surface area contributed by atoms with E-state index in [0.717, 1.165) is 6.07 Å². The van der Waals surface area contributed by atoms with Crippen LogP contribution in [0, 0.1) is 0 Å². The van der Waals surface area contributed by atoms with Gasteiger partial charge >= 0.3 is 5.79 Å². The number of hydrogen-bond donors (Lipinski definition) is 10. The molecule has 15 heteroatoms. The Morgan fingerprint density at radius 2 is 1.35 bits per heavy atom. The van der Waals surface area contributed by atoms with E-state index in [9.17, 15) is 51.1 Å². The lowest BCUT2D eigenvalue weighted by Crippen LogP contribution is -2.60. The van der Waals surface area contributed by atoms with E-state index in [2.05, 4.69) is 0 Å². The van der Waals surface area contributed by atoms with Crippen molar-refractivity contribution >= 4 is 0 Å². The highest BCUT2D eigenvalue weighted by atomic mass is 16.7. The molecule has 0 radical (unpaired) electrons. The zero-order valence-corrected chi connectivity index (χ0v) is 26.5. The maximum Gasteiger partial charge on any atom is 0.305 e. The number of phenols is 5. The fourth-order valence-corrected chi connectivity index (χ4v) is 7.44. The minimum atomic E-state index is -1.99. The molecule has 0 aromatic heterocycles. The van der Waals surface area contributed by atoms with Gasteiger partial charge in [-0.2, -0.15) is 0 Å². The van der Waals surface area contributed by atoms with Crippen LogP contribution in [-0.2, 0) is 21.7 Å². The molecule has 4 aromatic carbocycles. The van der Waals surface area contributed by atoms with Gasteiger partial charge in [-0.3, -0.25) is 0 Å². The highest BCUT2D eigenvalue weighted by Gasteiger charge is 2.60. The Kier molecular flexibility index (Phi) is 7.84. The van der Waals surface area contributed by atoms with Gasteiger partial charge in [-0.15, -0.1) is 0 Å². The molecule has 4 heterocycles. The lowest BCUT2D eigenvalue weighted by Gasteiger charge is -2.50. The largest absolute Gasteiger partial charge is 0.508 e. The number of aromatic hydroxyl groups is 5. The van der Waals surface area contributed by atoms with Crippen molar-refractivity contribution in [2.24, 2.45) is 0 Å². The summed E-state index contributed by atoms with van der Waals surface area (Å²) in [6, 6.07) is 15.3. The minimum Gasteiger partial charge on any atom is -0.508 e. The maximum absolute atomic E-state index is 12.2. The summed E-state index contributed by atoms with van der Waals surface area (Å²) in [4.78, 5) is 0. The predicted octanol–water partition coefficient (Wildman–Crippen LogP) is 1.21. The van der Waals surface area contributed by atoms with E-state index < -0.39 is 73.1 Å². The third kappa shape index (κ3) is 5.16. The van der Waals surface area contributed by atoms with Gasteiger partial charge in [-0.1, -0.05) is 12.1 Å². The molecule has 8 rings (SSSR count). The number of hydrogen-bond acceptors (Lipinski definition) is 15. The summed E-state index contributed by atoms with van der Waals surface area (Å²) in [6.45, 7) is -0.686. The van der Waals surface area contributed by atoms with Crippen LogP contribution in [0.1, 0.15) is 39.8 Å². The Labute approximate surface area is 288 Å². The molecule has 51 heavy (non-hydrogen) atoms. The zero-order valence-electron chi connectivity index (χ0n) is 26.5. The van der Waals surface area contributed by atoms with Crippen molar-refractivity contribution in [3.05, 3.63) is 94.5 Å². The van der Waals surface area contributed by atoms with Gasteiger partial charge in [0.2, 0.25) is 0 Å². The van der Waals surface area contributed by atoms with E-state index in [4.69, 9.17) is 23.7 Å². The van der Waals surface area contributed by atoms with Crippen LogP contribution < -0.4 is 14.2 Å². The van der Waals surface area contributed by atoms with Crippen molar-refractivity contribution in [3.8, 4) is 46.0 Å². The molecule has 1 saturated heterocycles. The average molecular weight is 707 g/mol. The van der Waals surface area contributed by atoms with Gasteiger partial charge < -0.3 is 74.7 Å². The molecule has 0 spiro atoms. The number of fused-ring (bicyclic) bond motifs is 8. The molecule has 268 valence electrons. The first kappa shape index (κ1) is 33.2. The summed E-state index contributed by atoms with van der Waals surface area (Å²) in [5.74, 6) is -4.24. The third-order valence-corrected chi connectivity index (χ3v) is 9.95. The molecule has 0 amide bonds. The van der Waals surface area contributed by atoms with Crippen molar-refractivity contribution < 1.29 is 74.7 Å². The Bertz CT molecular complexity index is 1970. The summed E-state index contributed by atoms with van der Waals surface area (Å²) in [7, 11) is 0. The molecule has 4 aliphatic heterocycles. The third-order valence-electron chi connectivity index (χ3n) is 9.95. The summed E-state index contributed by atoms with van der Waals surface area (Å²) in [6.07, 6.45) is -11.7. The number of aliphatic hydroxyl groups excluding tert-OH is 5. The molecule has 2 unspecified atom stereocenters. The second kappa shape index (κ2) is 12.1. The summed E-state index contributed by atoms with van der Waals surface area (Å²) < 4.78 is 31.1. The number of ether oxygens (including phenoxy) is 5. The molecule has 15 nitrogen and oxygen atoms in total. The first-order valence-corrected chi connectivity index (χ1v) is 16.1. The smallest absolute Gasteiger partial charge is 0.305 e. The van der Waals surface area contributed by atoms with Crippen molar-refractivity contribution in [1.29, 1.82) is 0 Å². The van der Waals surface area contributed by atoms with Crippen molar-refractivity contribution in [1.82, 2.24) is 0 Å². The Hall–Kier alpha value is -5.00. The van der Waals surface area contributed by atoms with E-state index in [-0.39, 0.29) is 68.9 Å². The normalized spacial score (nSPS) is 32.0. The zero-order chi connectivity index (χ0) is 35.9. The number of phenolic OH excluding ortho intramolecular Hbond substituents is 5. The van der Waals surface area contributed by atoms with Crippen LogP contribution in [0.5, 0.6) is 46.0 Å². The van der Waals surface area contributed by atoms with Crippen molar-refractivity contribution in [3.63, 3.8) is 0 Å². The molecular formula is C36H34O15. The molecule has 0 saturated carbocycles. The monoisotopic (exact) mass is 706 g/mol. The fraction of sp³-hybridized carbons (Fsp3) is 0.333. The highest BCUT2D eigenvalue weighted by Crippen LogP contribution is 2.62. The number of rotatable bonds is 5. The Morgan fingerprint density at radius 1 is 0.706 bits per heavy atom. The van der Waals surface area contributed by atoms with E-state index in [1.165, 1.54) is 48.5 Å². The summed E-state index contributed by atoms with van der Waals surface area (Å²) >= 11 is 0. The van der Waals surface area contributed by atoms with Gasteiger partial charge in [0.1, 0.15) is 82.6 Å². The first-order valence-electron chi connectivity index (χ1n) is 16.1. The summed E-state index contributed by atoms with van der Waals surface area (Å²) in [5, 5.41) is 106. The molecule has 1 fully saturated rings. The van der Waals surface area contributed by atoms with Crippen LogP contribution in [0.15, 0.2) is 66.7 Å². The van der Waals surface area contributed by atoms with E-state index in [1.54, 1.807) is 12.1 Å². The molecule has 0 aliphatic carbocycles. The highest BCUT2D eigenvalue weighted by molar-refractivity contribution is 5.68. The van der Waals surface area contributed by atoms with Crippen molar-refractivity contribution in [2.45, 2.75) is 67.1 Å². The van der Waals surface area contributed by atoms with Gasteiger partial charge in [0.15, 0.2) is 12.4 Å². The van der Waals surface area contributed by atoms with Gasteiger partial charge in [0.05, 0.1) is 12.5 Å². The second-order valence-electron chi connectivity index (χ2n) is 13.0. The first-order chi connectivity index (χ1) is 24.4. The van der Waals surface area contributed by atoms with Crippen LogP contribution in [0.25, 0.3) is 0 Å². The van der Waals surface area contributed by atoms with Crippen LogP contribution in [0.4, 0.5) is 0 Å². The van der Waals surface area contributed by atoms with Gasteiger partial charge in [0.25, 0.3) is 0 Å².